The summed E-state index contributed by atoms with van der Waals surface area (Å²) < 4.78 is 10.5. The molecule has 0 heterocycles. The summed E-state index contributed by atoms with van der Waals surface area (Å²) >= 11 is 0. The maximum Gasteiger partial charge on any atom is 0.315 e. The summed E-state index contributed by atoms with van der Waals surface area (Å²) in [5.41, 5.74) is 1.03. The first-order chi connectivity index (χ1) is 10.1. The highest BCUT2D eigenvalue weighted by Gasteiger charge is 2.37. The van der Waals surface area contributed by atoms with E-state index >= 15 is 0 Å². The number of benzene rings is 1. The lowest BCUT2D eigenvalue weighted by Gasteiger charge is -2.28. The molecular formula is C17H22O4. The molecule has 1 aromatic rings. The minimum Gasteiger partial charge on any atom is -0.466 e. The van der Waals surface area contributed by atoms with E-state index in [2.05, 4.69) is 0 Å². The van der Waals surface area contributed by atoms with Crippen molar-refractivity contribution in [2.75, 3.05) is 6.61 Å². The first-order valence-corrected chi connectivity index (χ1v) is 7.56. The van der Waals surface area contributed by atoms with Gasteiger partial charge in [-0.05, 0) is 44.4 Å². The number of esters is 2. The standard InChI is InChI=1S/C17H22O4/c1-3-20-16(18)14-9-4-5-10-15(14)17(19)21-13-8-6-7-12(2)11-13/h6-8,11,14-15H,3-5,9-10H2,1-2H3. The van der Waals surface area contributed by atoms with Crippen molar-refractivity contribution in [1.82, 2.24) is 0 Å². The molecule has 1 fully saturated rings. The molecule has 0 aromatic heterocycles. The Morgan fingerprint density at radius 3 is 2.43 bits per heavy atom. The molecule has 1 aliphatic carbocycles. The average Bonchev–Trinajstić information content (AvgIpc) is 2.47. The zero-order chi connectivity index (χ0) is 15.2. The zero-order valence-corrected chi connectivity index (χ0v) is 12.6. The molecule has 0 saturated heterocycles. The maximum absolute atomic E-state index is 12.4. The summed E-state index contributed by atoms with van der Waals surface area (Å²) in [6.07, 6.45) is 3.29. The van der Waals surface area contributed by atoms with E-state index in [9.17, 15) is 9.59 Å². The number of hydrogen-bond donors (Lipinski definition) is 0. The number of ether oxygens (including phenoxy) is 2. The van der Waals surface area contributed by atoms with Crippen LogP contribution in [0.15, 0.2) is 24.3 Å². The Bertz CT molecular complexity index is 509. The average molecular weight is 290 g/mol. The summed E-state index contributed by atoms with van der Waals surface area (Å²) in [4.78, 5) is 24.4. The highest BCUT2D eigenvalue weighted by molar-refractivity contribution is 5.83. The van der Waals surface area contributed by atoms with Gasteiger partial charge in [-0.3, -0.25) is 9.59 Å². The Balaban J connectivity index is 2.06. The van der Waals surface area contributed by atoms with Crippen LogP contribution >= 0.6 is 0 Å². The summed E-state index contributed by atoms with van der Waals surface area (Å²) in [6.45, 7) is 4.06. The minimum atomic E-state index is -0.390. The van der Waals surface area contributed by atoms with Gasteiger partial charge in [0.1, 0.15) is 5.75 Å². The van der Waals surface area contributed by atoms with E-state index in [0.29, 0.717) is 25.2 Å². The predicted octanol–water partition coefficient (Wildman–Crippen LogP) is 3.27. The van der Waals surface area contributed by atoms with Crippen molar-refractivity contribution in [2.45, 2.75) is 39.5 Å². The predicted molar refractivity (Wildman–Crippen MR) is 78.9 cm³/mol. The number of carbonyl (C=O) groups is 2. The Labute approximate surface area is 125 Å². The number of aryl methyl sites for hydroxylation is 1. The second-order valence-corrected chi connectivity index (χ2v) is 5.49. The first kappa shape index (κ1) is 15.5. The van der Waals surface area contributed by atoms with Crippen molar-refractivity contribution >= 4 is 11.9 Å². The third kappa shape index (κ3) is 4.06. The molecule has 21 heavy (non-hydrogen) atoms. The molecule has 0 amide bonds. The van der Waals surface area contributed by atoms with Gasteiger partial charge in [-0.25, -0.2) is 0 Å². The van der Waals surface area contributed by atoms with Crippen molar-refractivity contribution in [3.05, 3.63) is 29.8 Å². The zero-order valence-electron chi connectivity index (χ0n) is 12.6. The first-order valence-electron chi connectivity index (χ1n) is 7.56. The van der Waals surface area contributed by atoms with E-state index < -0.39 is 5.92 Å². The van der Waals surface area contributed by atoms with Crippen molar-refractivity contribution in [3.63, 3.8) is 0 Å². The molecule has 0 aliphatic heterocycles. The van der Waals surface area contributed by atoms with Gasteiger partial charge in [0.05, 0.1) is 18.4 Å². The quantitative estimate of drug-likeness (QED) is 0.631. The van der Waals surface area contributed by atoms with E-state index in [1.54, 1.807) is 13.0 Å². The van der Waals surface area contributed by atoms with Crippen LogP contribution in [-0.2, 0) is 14.3 Å². The van der Waals surface area contributed by atoms with Gasteiger partial charge in [0.25, 0.3) is 0 Å². The minimum absolute atomic E-state index is 0.275. The highest BCUT2D eigenvalue weighted by atomic mass is 16.5. The van der Waals surface area contributed by atoms with Gasteiger partial charge in [0.2, 0.25) is 0 Å². The molecule has 1 saturated carbocycles. The van der Waals surface area contributed by atoms with E-state index in [0.717, 1.165) is 18.4 Å². The largest absolute Gasteiger partial charge is 0.466 e. The third-order valence-electron chi connectivity index (χ3n) is 3.87. The molecule has 114 valence electrons. The van der Waals surface area contributed by atoms with E-state index in [4.69, 9.17) is 9.47 Å². The van der Waals surface area contributed by atoms with Crippen LogP contribution in [0.4, 0.5) is 0 Å². The fraction of sp³-hybridized carbons (Fsp3) is 0.529. The second-order valence-electron chi connectivity index (χ2n) is 5.49. The smallest absolute Gasteiger partial charge is 0.315 e. The van der Waals surface area contributed by atoms with E-state index in [1.807, 2.05) is 25.1 Å². The van der Waals surface area contributed by atoms with Gasteiger partial charge in [0, 0.05) is 0 Å². The summed E-state index contributed by atoms with van der Waals surface area (Å²) in [7, 11) is 0. The lowest BCUT2D eigenvalue weighted by Crippen LogP contribution is -2.36. The second kappa shape index (κ2) is 7.25. The van der Waals surface area contributed by atoms with Gasteiger partial charge in [-0.1, -0.05) is 25.0 Å². The van der Waals surface area contributed by atoms with Crippen molar-refractivity contribution in [3.8, 4) is 5.75 Å². The molecule has 0 radical (unpaired) electrons. The fourth-order valence-corrected chi connectivity index (χ4v) is 2.82. The normalized spacial score (nSPS) is 21.6. The van der Waals surface area contributed by atoms with Crippen LogP contribution in [-0.4, -0.2) is 18.5 Å². The number of rotatable bonds is 4. The van der Waals surface area contributed by atoms with E-state index in [1.165, 1.54) is 0 Å². The number of carbonyl (C=O) groups excluding carboxylic acids is 2. The van der Waals surface area contributed by atoms with Crippen LogP contribution < -0.4 is 4.74 Å². The molecule has 2 unspecified atom stereocenters. The highest BCUT2D eigenvalue weighted by Crippen LogP contribution is 2.32. The number of hydrogen-bond acceptors (Lipinski definition) is 4. The van der Waals surface area contributed by atoms with Gasteiger partial charge in [-0.15, -0.1) is 0 Å². The maximum atomic E-state index is 12.4. The monoisotopic (exact) mass is 290 g/mol. The molecule has 4 heteroatoms. The van der Waals surface area contributed by atoms with Crippen LogP contribution in [0.5, 0.6) is 5.75 Å². The van der Waals surface area contributed by atoms with Crippen molar-refractivity contribution in [2.24, 2.45) is 11.8 Å². The molecular weight excluding hydrogens is 268 g/mol. The van der Waals surface area contributed by atoms with Gasteiger partial charge < -0.3 is 9.47 Å². The Morgan fingerprint density at radius 2 is 1.81 bits per heavy atom. The molecule has 2 atom stereocenters. The molecule has 0 spiro atoms. The van der Waals surface area contributed by atoms with Crippen LogP contribution in [0.3, 0.4) is 0 Å². The van der Waals surface area contributed by atoms with Gasteiger partial charge in [0.15, 0.2) is 0 Å². The van der Waals surface area contributed by atoms with Gasteiger partial charge >= 0.3 is 11.9 Å². The summed E-state index contributed by atoms with van der Waals surface area (Å²) in [5, 5.41) is 0. The van der Waals surface area contributed by atoms with Crippen molar-refractivity contribution in [1.29, 1.82) is 0 Å². The van der Waals surface area contributed by atoms with Crippen LogP contribution in [0.25, 0.3) is 0 Å². The fourth-order valence-electron chi connectivity index (χ4n) is 2.82. The topological polar surface area (TPSA) is 52.6 Å². The van der Waals surface area contributed by atoms with Crippen LogP contribution in [0.1, 0.15) is 38.2 Å². The SMILES string of the molecule is CCOC(=O)C1CCCCC1C(=O)Oc1cccc(C)c1. The Morgan fingerprint density at radius 1 is 1.14 bits per heavy atom. The molecule has 1 aliphatic rings. The Kier molecular flexibility index (Phi) is 5.37. The lowest BCUT2D eigenvalue weighted by atomic mass is 9.79. The third-order valence-corrected chi connectivity index (χ3v) is 3.87. The summed E-state index contributed by atoms with van der Waals surface area (Å²) in [6, 6.07) is 7.37. The van der Waals surface area contributed by atoms with Crippen LogP contribution in [0, 0.1) is 18.8 Å². The molecule has 1 aromatic carbocycles. The lowest BCUT2D eigenvalue weighted by molar-refractivity contribution is -0.158. The van der Waals surface area contributed by atoms with Gasteiger partial charge in [-0.2, -0.15) is 0 Å². The molecule has 4 nitrogen and oxygen atoms in total. The Hall–Kier alpha value is -1.84. The van der Waals surface area contributed by atoms with E-state index in [-0.39, 0.29) is 17.9 Å². The van der Waals surface area contributed by atoms with Crippen molar-refractivity contribution < 1.29 is 19.1 Å². The summed E-state index contributed by atoms with van der Waals surface area (Å²) in [5.74, 6) is -0.816. The van der Waals surface area contributed by atoms with Crippen LogP contribution in [0.2, 0.25) is 0 Å². The molecule has 0 N–H and O–H groups in total. The molecule has 0 bridgehead atoms. The molecule has 2 rings (SSSR count).